The van der Waals surface area contributed by atoms with Crippen LogP contribution >= 0.6 is 22.9 Å². The van der Waals surface area contributed by atoms with E-state index in [0.717, 1.165) is 11.4 Å². The summed E-state index contributed by atoms with van der Waals surface area (Å²) in [6, 6.07) is 11.9. The SMILES string of the molecule is COc1c(C#N)c(-c2ncc(Cl)s2)nc2c1c(C)nn2-c1ccccc1. The van der Waals surface area contributed by atoms with Gasteiger partial charge in [0, 0.05) is 0 Å². The van der Waals surface area contributed by atoms with E-state index in [0.29, 0.717) is 37.4 Å². The van der Waals surface area contributed by atoms with Crippen molar-refractivity contribution in [3.05, 3.63) is 52.1 Å². The number of hydrogen-bond donors (Lipinski definition) is 0. The highest BCUT2D eigenvalue weighted by atomic mass is 35.5. The van der Waals surface area contributed by atoms with E-state index < -0.39 is 0 Å². The number of nitriles is 1. The Bertz CT molecular complexity index is 1160. The van der Waals surface area contributed by atoms with E-state index >= 15 is 0 Å². The molecule has 0 fully saturated rings. The standard InChI is InChI=1S/C18H12ClN5OS/c1-10-14-16(25-2)12(8-20)15(18-21-9-13(19)26-18)22-17(14)24(23-10)11-6-4-3-5-7-11/h3-7,9H,1-2H3. The van der Waals surface area contributed by atoms with E-state index in [1.807, 2.05) is 37.3 Å². The highest BCUT2D eigenvalue weighted by molar-refractivity contribution is 7.18. The number of hydrogen-bond acceptors (Lipinski definition) is 6. The van der Waals surface area contributed by atoms with Gasteiger partial charge < -0.3 is 4.74 Å². The zero-order valence-electron chi connectivity index (χ0n) is 13.9. The van der Waals surface area contributed by atoms with Gasteiger partial charge in [-0.15, -0.1) is 11.3 Å². The number of pyridine rings is 1. The summed E-state index contributed by atoms with van der Waals surface area (Å²) in [5.41, 5.74) is 2.96. The van der Waals surface area contributed by atoms with Crippen molar-refractivity contribution in [1.82, 2.24) is 19.7 Å². The van der Waals surface area contributed by atoms with Crippen molar-refractivity contribution in [2.24, 2.45) is 0 Å². The zero-order valence-corrected chi connectivity index (χ0v) is 15.5. The normalized spacial score (nSPS) is 10.8. The smallest absolute Gasteiger partial charge is 0.167 e. The molecule has 0 saturated heterocycles. The second kappa shape index (κ2) is 6.41. The lowest BCUT2D eigenvalue weighted by Gasteiger charge is -2.09. The van der Waals surface area contributed by atoms with E-state index in [2.05, 4.69) is 16.2 Å². The maximum atomic E-state index is 9.72. The number of rotatable bonds is 3. The number of thiazole rings is 1. The van der Waals surface area contributed by atoms with Crippen molar-refractivity contribution < 1.29 is 4.74 Å². The molecule has 6 nitrogen and oxygen atoms in total. The Balaban J connectivity index is 2.12. The van der Waals surface area contributed by atoms with Crippen LogP contribution in [0.15, 0.2) is 36.5 Å². The van der Waals surface area contributed by atoms with E-state index in [1.54, 1.807) is 10.9 Å². The van der Waals surface area contributed by atoms with Crippen LogP contribution in [0.3, 0.4) is 0 Å². The van der Waals surface area contributed by atoms with Crippen molar-refractivity contribution in [1.29, 1.82) is 5.26 Å². The van der Waals surface area contributed by atoms with Crippen LogP contribution in [0.25, 0.3) is 27.4 Å². The first kappa shape index (κ1) is 16.5. The highest BCUT2D eigenvalue weighted by Gasteiger charge is 2.24. The van der Waals surface area contributed by atoms with E-state index in [-0.39, 0.29) is 0 Å². The molecule has 128 valence electrons. The molecule has 0 saturated carbocycles. The van der Waals surface area contributed by atoms with Crippen molar-refractivity contribution in [3.63, 3.8) is 0 Å². The van der Waals surface area contributed by atoms with Gasteiger partial charge in [0.05, 0.1) is 30.1 Å². The first-order chi connectivity index (χ1) is 12.6. The van der Waals surface area contributed by atoms with Crippen molar-refractivity contribution in [2.75, 3.05) is 7.11 Å². The molecule has 0 spiro atoms. The molecule has 0 aliphatic rings. The lowest BCUT2D eigenvalue weighted by Crippen LogP contribution is -2.01. The average Bonchev–Trinajstić information content (AvgIpc) is 3.24. The number of aryl methyl sites for hydroxylation is 1. The summed E-state index contributed by atoms with van der Waals surface area (Å²) in [5, 5.41) is 15.6. The number of methoxy groups -OCH3 is 1. The Morgan fingerprint density at radius 1 is 1.27 bits per heavy atom. The number of nitrogens with zero attached hydrogens (tertiary/aromatic N) is 5. The van der Waals surface area contributed by atoms with Crippen LogP contribution in [0.4, 0.5) is 0 Å². The first-order valence-electron chi connectivity index (χ1n) is 7.68. The third-order valence-electron chi connectivity index (χ3n) is 3.94. The number of aromatic nitrogens is 4. The van der Waals surface area contributed by atoms with Gasteiger partial charge in [0.2, 0.25) is 0 Å². The van der Waals surface area contributed by atoms with E-state index in [1.165, 1.54) is 18.4 Å². The third kappa shape index (κ3) is 2.51. The van der Waals surface area contributed by atoms with Crippen LogP contribution < -0.4 is 4.74 Å². The van der Waals surface area contributed by atoms with Gasteiger partial charge in [0.1, 0.15) is 26.7 Å². The van der Waals surface area contributed by atoms with Crippen molar-refractivity contribution in [2.45, 2.75) is 6.92 Å². The van der Waals surface area contributed by atoms with Crippen LogP contribution in [-0.4, -0.2) is 26.9 Å². The van der Waals surface area contributed by atoms with Crippen LogP contribution in [0.2, 0.25) is 4.34 Å². The number of benzene rings is 1. The Labute approximate surface area is 158 Å². The number of fused-ring (bicyclic) bond motifs is 1. The predicted octanol–water partition coefficient (Wildman–Crippen LogP) is 4.39. The van der Waals surface area contributed by atoms with Gasteiger partial charge in [-0.05, 0) is 19.1 Å². The molecule has 0 N–H and O–H groups in total. The van der Waals surface area contributed by atoms with Gasteiger partial charge >= 0.3 is 0 Å². The fraction of sp³-hybridized carbons (Fsp3) is 0.111. The molecule has 3 aromatic heterocycles. The quantitative estimate of drug-likeness (QED) is 0.526. The van der Waals surface area contributed by atoms with Gasteiger partial charge in [-0.1, -0.05) is 29.8 Å². The van der Waals surface area contributed by atoms with Crippen molar-refractivity contribution >= 4 is 34.0 Å². The fourth-order valence-corrected chi connectivity index (χ4v) is 3.76. The maximum Gasteiger partial charge on any atom is 0.167 e. The lowest BCUT2D eigenvalue weighted by atomic mass is 10.1. The molecule has 0 aliphatic carbocycles. The minimum atomic E-state index is 0.321. The average molecular weight is 382 g/mol. The topological polar surface area (TPSA) is 76.6 Å². The number of ether oxygens (including phenoxy) is 1. The van der Waals surface area contributed by atoms with E-state index in [4.69, 9.17) is 21.3 Å². The Morgan fingerprint density at radius 2 is 2.04 bits per heavy atom. The molecule has 3 heterocycles. The molecule has 0 bridgehead atoms. The highest BCUT2D eigenvalue weighted by Crippen LogP contribution is 2.39. The molecule has 0 atom stereocenters. The molecule has 8 heteroatoms. The van der Waals surface area contributed by atoms with Gasteiger partial charge in [-0.2, -0.15) is 10.4 Å². The monoisotopic (exact) mass is 381 g/mol. The summed E-state index contributed by atoms with van der Waals surface area (Å²) in [6.07, 6.45) is 1.54. The van der Waals surface area contributed by atoms with Crippen LogP contribution in [0, 0.1) is 18.3 Å². The molecule has 0 radical (unpaired) electrons. The Hall–Kier alpha value is -2.95. The second-order valence-corrected chi connectivity index (χ2v) is 7.14. The van der Waals surface area contributed by atoms with Gasteiger partial charge in [0.25, 0.3) is 0 Å². The fourth-order valence-electron chi connectivity index (χ4n) is 2.85. The summed E-state index contributed by atoms with van der Waals surface area (Å²) in [4.78, 5) is 9.00. The van der Waals surface area contributed by atoms with Crippen LogP contribution in [0.5, 0.6) is 5.75 Å². The molecular formula is C18H12ClN5OS. The Morgan fingerprint density at radius 3 is 2.65 bits per heavy atom. The molecule has 4 rings (SSSR count). The van der Waals surface area contributed by atoms with Crippen molar-refractivity contribution in [3.8, 4) is 28.2 Å². The third-order valence-corrected chi connectivity index (χ3v) is 5.06. The molecule has 0 aliphatic heterocycles. The van der Waals surface area contributed by atoms with Gasteiger partial charge in [-0.25, -0.2) is 14.6 Å². The second-order valence-electron chi connectivity index (χ2n) is 5.48. The zero-order chi connectivity index (χ0) is 18.3. The largest absolute Gasteiger partial charge is 0.494 e. The Kier molecular flexibility index (Phi) is 4.07. The van der Waals surface area contributed by atoms with E-state index in [9.17, 15) is 5.26 Å². The van der Waals surface area contributed by atoms with Gasteiger partial charge in [-0.3, -0.25) is 0 Å². The van der Waals surface area contributed by atoms with Crippen LogP contribution in [-0.2, 0) is 0 Å². The minimum Gasteiger partial charge on any atom is -0.494 e. The summed E-state index contributed by atoms with van der Waals surface area (Å²) < 4.78 is 7.85. The summed E-state index contributed by atoms with van der Waals surface area (Å²) >= 11 is 7.29. The molecular weight excluding hydrogens is 370 g/mol. The van der Waals surface area contributed by atoms with Crippen LogP contribution in [0.1, 0.15) is 11.3 Å². The van der Waals surface area contributed by atoms with Gasteiger partial charge in [0.15, 0.2) is 11.4 Å². The predicted molar refractivity (Wildman–Crippen MR) is 101 cm³/mol. The molecule has 1 aromatic carbocycles. The first-order valence-corrected chi connectivity index (χ1v) is 8.88. The summed E-state index contributed by atoms with van der Waals surface area (Å²) in [7, 11) is 1.54. The summed E-state index contributed by atoms with van der Waals surface area (Å²) in [5.74, 6) is 0.443. The number of para-hydroxylation sites is 1. The summed E-state index contributed by atoms with van der Waals surface area (Å²) in [6.45, 7) is 1.87. The molecule has 0 amide bonds. The maximum absolute atomic E-state index is 9.72. The molecule has 0 unspecified atom stereocenters. The number of halogens is 1. The molecule has 26 heavy (non-hydrogen) atoms. The lowest BCUT2D eigenvalue weighted by molar-refractivity contribution is 0.418. The minimum absolute atomic E-state index is 0.321. The molecule has 4 aromatic rings.